The van der Waals surface area contributed by atoms with Gasteiger partial charge in [-0.15, -0.1) is 0 Å². The summed E-state index contributed by atoms with van der Waals surface area (Å²) in [4.78, 5) is 52.8. The average molecular weight is 1830 g/mol. The first kappa shape index (κ1) is 109. The number of ether oxygens (including phenoxy) is 14. The number of aliphatic hydroxyl groups excluding tert-OH is 21. The van der Waals surface area contributed by atoms with Gasteiger partial charge >= 0.3 is 5.97 Å². The summed E-state index contributed by atoms with van der Waals surface area (Å²) < 4.78 is 83.8. The molecule has 0 aliphatic carbocycles. The number of carboxylic acid groups (broad SMARTS) is 1. The largest absolute Gasteiger partial charge is 0.477 e. The van der Waals surface area contributed by atoms with Crippen molar-refractivity contribution in [1.82, 2.24) is 16.0 Å². The van der Waals surface area contributed by atoms with E-state index in [0.29, 0.717) is 12.8 Å². The molecule has 43 nitrogen and oxygen atoms in total. The topological polar surface area (TPSA) is 679 Å². The molecule has 0 radical (unpaired) electrons. The number of allylic oxidation sites excluding steroid dienone is 1. The summed E-state index contributed by atoms with van der Waals surface area (Å²) in [5, 5.41) is 256. The van der Waals surface area contributed by atoms with Crippen LogP contribution in [0.25, 0.3) is 0 Å². The predicted molar refractivity (Wildman–Crippen MR) is 433 cm³/mol. The highest BCUT2D eigenvalue weighted by Crippen LogP contribution is 2.42. The second-order valence-corrected chi connectivity index (χ2v) is 34.2. The van der Waals surface area contributed by atoms with E-state index in [2.05, 4.69) is 29.8 Å². The number of aliphatic hydroxyl groups is 21. The molecule has 43 heteroatoms. The van der Waals surface area contributed by atoms with Gasteiger partial charge in [0.05, 0.1) is 76.6 Å². The maximum absolute atomic E-state index is 13.6. The number of carbonyl (C=O) groups is 4. The van der Waals surface area contributed by atoms with Crippen LogP contribution >= 0.6 is 0 Å². The van der Waals surface area contributed by atoms with E-state index in [4.69, 9.17) is 66.3 Å². The van der Waals surface area contributed by atoms with E-state index in [1.807, 2.05) is 6.08 Å². The monoisotopic (exact) mass is 1830 g/mol. The summed E-state index contributed by atoms with van der Waals surface area (Å²) in [7, 11) is 0. The number of unbranched alkanes of at least 4 members (excludes halogenated alkanes) is 23. The highest BCUT2D eigenvalue weighted by molar-refractivity contribution is 5.77. The number of rotatable bonds is 55. The van der Waals surface area contributed by atoms with E-state index in [1.165, 1.54) is 96.8 Å². The molecule has 0 aromatic rings. The molecule has 0 bridgehead atoms. The summed E-state index contributed by atoms with van der Waals surface area (Å²) in [5.41, 5.74) is 0. The van der Waals surface area contributed by atoms with Crippen LogP contribution in [0.3, 0.4) is 0 Å². The molecule has 0 spiro atoms. The Balaban J connectivity index is 1.08. The van der Waals surface area contributed by atoms with Gasteiger partial charge in [-0.25, -0.2) is 4.79 Å². The Hall–Kier alpha value is -3.78. The summed E-state index contributed by atoms with van der Waals surface area (Å²) in [6.07, 6.45) is -41.0. The third-order valence-corrected chi connectivity index (χ3v) is 24.3. The van der Waals surface area contributed by atoms with Crippen molar-refractivity contribution >= 4 is 23.7 Å². The molecule has 7 aliphatic rings. The molecule has 38 atom stereocenters. The summed E-state index contributed by atoms with van der Waals surface area (Å²) in [5.74, 6) is -7.69. The molecule has 126 heavy (non-hydrogen) atoms. The van der Waals surface area contributed by atoms with Gasteiger partial charge in [0.1, 0.15) is 159 Å². The maximum Gasteiger partial charge on any atom is 0.364 e. The van der Waals surface area contributed by atoms with E-state index in [0.717, 1.165) is 71.6 Å². The summed E-state index contributed by atoms with van der Waals surface area (Å²) in [6, 6.07) is -4.90. The van der Waals surface area contributed by atoms with Gasteiger partial charge in [0.15, 0.2) is 37.7 Å². The van der Waals surface area contributed by atoms with Crippen LogP contribution in [-0.2, 0) is 85.5 Å². The number of hydrogen-bond acceptors (Lipinski definition) is 39. The summed E-state index contributed by atoms with van der Waals surface area (Å²) >= 11 is 0. The zero-order valence-electron chi connectivity index (χ0n) is 72.7. The Bertz CT molecular complexity index is 3110. The molecule has 7 fully saturated rings. The van der Waals surface area contributed by atoms with Crippen LogP contribution in [-0.4, -0.2) is 415 Å². The van der Waals surface area contributed by atoms with Crippen molar-refractivity contribution in [3.63, 3.8) is 0 Å². The average Bonchev–Trinajstić information content (AvgIpc) is 0.751. The van der Waals surface area contributed by atoms with Gasteiger partial charge in [0.25, 0.3) is 5.79 Å². The molecule has 0 aromatic carbocycles. The first-order chi connectivity index (χ1) is 60.2. The van der Waals surface area contributed by atoms with Crippen LogP contribution in [0.1, 0.15) is 208 Å². The second kappa shape index (κ2) is 55.2. The minimum Gasteiger partial charge on any atom is -0.477 e. The van der Waals surface area contributed by atoms with Crippen molar-refractivity contribution in [2.75, 3.05) is 46.2 Å². The van der Waals surface area contributed by atoms with E-state index in [9.17, 15) is 132 Å². The number of nitrogens with one attached hydrogen (secondary N) is 3. The van der Waals surface area contributed by atoms with Gasteiger partial charge in [-0.1, -0.05) is 167 Å². The van der Waals surface area contributed by atoms with Crippen LogP contribution < -0.4 is 16.0 Å². The van der Waals surface area contributed by atoms with Crippen LogP contribution in [0.4, 0.5) is 0 Å². The Morgan fingerprint density at radius 3 is 1.30 bits per heavy atom. The molecular weight excluding hydrogens is 1680 g/mol. The lowest BCUT2D eigenvalue weighted by atomic mass is 9.88. The first-order valence-corrected chi connectivity index (χ1v) is 45.0. The van der Waals surface area contributed by atoms with E-state index >= 15 is 0 Å². The van der Waals surface area contributed by atoms with Crippen LogP contribution in [0, 0.1) is 0 Å². The lowest BCUT2D eigenvalue weighted by Crippen LogP contribution is -2.72. The van der Waals surface area contributed by atoms with Crippen LogP contribution in [0.5, 0.6) is 0 Å². The fourth-order valence-electron chi connectivity index (χ4n) is 16.9. The van der Waals surface area contributed by atoms with Crippen molar-refractivity contribution in [2.24, 2.45) is 0 Å². The molecule has 7 heterocycles. The quantitative estimate of drug-likeness (QED) is 0.0200. The number of hydrogen-bond donors (Lipinski definition) is 25. The van der Waals surface area contributed by atoms with Crippen molar-refractivity contribution in [3.05, 3.63) is 12.2 Å². The third-order valence-electron chi connectivity index (χ3n) is 24.3. The fourth-order valence-corrected chi connectivity index (χ4v) is 16.9. The van der Waals surface area contributed by atoms with Crippen molar-refractivity contribution in [2.45, 2.75) is 441 Å². The Morgan fingerprint density at radius 1 is 0.429 bits per heavy atom. The number of carbonyl (C=O) groups excluding carboxylic acids is 3. The van der Waals surface area contributed by atoms with E-state index in [-0.39, 0.29) is 12.3 Å². The highest BCUT2D eigenvalue weighted by atomic mass is 16.8. The lowest BCUT2D eigenvalue weighted by Gasteiger charge is -2.52. The Kier molecular flexibility index (Phi) is 47.8. The molecule has 734 valence electrons. The standard InChI is InChI=1S/C83H147N3O40/c1-6-8-10-12-14-16-18-20-22-24-26-28-30-32-46(95)45(86-54(98)33-31-29-27-25-23-21-19-17-15-13-11-9-7-2)41-113-77-65(107)63(105)69(52(39-91)119-77)120-79-67(109)74(60(102)50(37-89)115-79)124-80-66(108)73(59(101)49(36-88)116-80)123-76-56(85-44(5)94)72(122-78-64(106)62(104)57(99)42(3)114-78)70(53(40-92)118-76)121-81-68(110)75(61(103)51(38-90)117-81)126-83(82(111)112)34-47(96)55(84-43(4)93)71(125-83)58(100)48(97)35-87/h30,32,42,45-53,55-81,87-92,95-97,99-110H,6-29,31,33-41H2,1-5H3,(H,84,93)(H,85,94)(H,86,98)(H,111,112)/b32-30+/t42?,45-,46+,47?,48+,49?,50?,51?,52?,53?,55+,56?,57+,58+,59-,60-,61-,62?,63+,64-,65?,66?,67?,68?,69+,70+,71?,72+,73-,74-,75-,76-,77+,78+,79-,80+,81-,83-/m0/s1. The number of aliphatic carboxylic acids is 1. The van der Waals surface area contributed by atoms with Crippen molar-refractivity contribution in [3.8, 4) is 0 Å². The minimum absolute atomic E-state index is 0.144. The maximum atomic E-state index is 13.6. The minimum atomic E-state index is -3.30. The molecule has 7 aliphatic heterocycles. The van der Waals surface area contributed by atoms with Gasteiger partial charge in [-0.3, -0.25) is 14.4 Å². The predicted octanol–water partition coefficient (Wildman–Crippen LogP) is -5.15. The van der Waals surface area contributed by atoms with E-state index < -0.39 is 303 Å². The van der Waals surface area contributed by atoms with Gasteiger partial charge in [0, 0.05) is 26.7 Å². The fraction of sp³-hybridized carbons (Fsp3) is 0.928. The molecule has 7 saturated heterocycles. The van der Waals surface area contributed by atoms with Gasteiger partial charge < -0.3 is 195 Å². The molecule has 3 amide bonds. The molecule has 0 aromatic heterocycles. The van der Waals surface area contributed by atoms with E-state index in [1.54, 1.807) is 6.08 Å². The van der Waals surface area contributed by atoms with Gasteiger partial charge in [0.2, 0.25) is 17.7 Å². The Morgan fingerprint density at radius 2 is 0.825 bits per heavy atom. The summed E-state index contributed by atoms with van der Waals surface area (Å²) in [6.45, 7) is 0.133. The smallest absolute Gasteiger partial charge is 0.364 e. The zero-order chi connectivity index (χ0) is 92.6. The van der Waals surface area contributed by atoms with Crippen molar-refractivity contribution in [1.29, 1.82) is 0 Å². The molecule has 25 N–H and O–H groups in total. The molecule has 14 unspecified atom stereocenters. The van der Waals surface area contributed by atoms with Crippen LogP contribution in [0.15, 0.2) is 12.2 Å². The molecular formula is C83H147N3O40. The van der Waals surface area contributed by atoms with Gasteiger partial charge in [-0.05, 0) is 26.2 Å². The molecule has 0 saturated carbocycles. The number of carboxylic acids is 1. The normalized spacial score (nSPS) is 38.6. The zero-order valence-corrected chi connectivity index (χ0v) is 72.7. The SMILES string of the molecule is CCCCCCCCCCCCC/C=C/[C@@H](O)[C@H](CO[C@@H]1OC(CO)[C@@H](O[C@@H]2OC(CO)[C@H](O)[C@H](O[C@H]3OC(CO)[C@H](O)[C@H](O[C@@H]4OC(CO)[C@@H](O[C@@H]5OC(CO)[C@H](O)[C@H](O[C@]6(C(=O)O)CC(O)[C@@H](NC(C)=O)C([C@H](O)[C@H](O)CO)O6)C5O)[C@H](O[C@H]5OC(C)[C@@H](O)C(O)[C@@H]5O)C4NC(C)=O)C3O)C2O)[C@H](O)C1O)NC(=O)CCCCCCCCCCCCCCC. The second-order valence-electron chi connectivity index (χ2n) is 34.2. The number of amides is 3. The van der Waals surface area contributed by atoms with Gasteiger partial charge in [-0.2, -0.15) is 0 Å². The van der Waals surface area contributed by atoms with Crippen molar-refractivity contribution < 1.29 is 198 Å². The highest BCUT2D eigenvalue weighted by Gasteiger charge is 2.63. The Labute approximate surface area is 733 Å². The first-order valence-electron chi connectivity index (χ1n) is 45.0. The third kappa shape index (κ3) is 30.6. The lowest BCUT2D eigenvalue weighted by molar-refractivity contribution is -0.401. The molecule has 7 rings (SSSR count). The van der Waals surface area contributed by atoms with Crippen LogP contribution in [0.2, 0.25) is 0 Å².